The second kappa shape index (κ2) is 3.74. The molecule has 0 unspecified atom stereocenters. The molecule has 1 aliphatic rings. The Labute approximate surface area is 83.9 Å². The van der Waals surface area contributed by atoms with E-state index < -0.39 is 0 Å². The maximum Gasteiger partial charge on any atom is 0.125 e. The van der Waals surface area contributed by atoms with Crippen LogP contribution in [0.1, 0.15) is 19.3 Å². The molecule has 1 saturated heterocycles. The Kier molecular flexibility index (Phi) is 2.43. The molecule has 1 aliphatic heterocycles. The summed E-state index contributed by atoms with van der Waals surface area (Å²) >= 11 is 0. The molecule has 0 spiro atoms. The normalized spacial score (nSPS) is 17.0. The lowest BCUT2D eigenvalue weighted by Gasteiger charge is -2.29. The number of pyridine rings is 1. The first-order valence-corrected chi connectivity index (χ1v) is 5.03. The third-order valence-corrected chi connectivity index (χ3v) is 2.63. The smallest absolute Gasteiger partial charge is 0.125 e. The topological polar surface area (TPSA) is 68.2 Å². The number of aromatic nitrogens is 1. The Bertz CT molecular complexity index is 318. The van der Waals surface area contributed by atoms with Gasteiger partial charge in [-0.2, -0.15) is 0 Å². The molecule has 0 aliphatic carbocycles. The second-order valence-corrected chi connectivity index (χ2v) is 3.72. The van der Waals surface area contributed by atoms with E-state index in [0.717, 1.165) is 24.5 Å². The lowest BCUT2D eigenvalue weighted by Crippen LogP contribution is -2.30. The molecule has 0 saturated carbocycles. The van der Waals surface area contributed by atoms with Crippen LogP contribution in [0.15, 0.2) is 12.3 Å². The molecule has 0 bridgehead atoms. The lowest BCUT2D eigenvalue weighted by molar-refractivity contribution is 0.578. The van der Waals surface area contributed by atoms with Crippen LogP contribution in [0.25, 0.3) is 0 Å². The fraction of sp³-hybridized carbons (Fsp3) is 0.500. The van der Waals surface area contributed by atoms with Gasteiger partial charge in [-0.05, 0) is 19.3 Å². The molecule has 0 amide bonds. The summed E-state index contributed by atoms with van der Waals surface area (Å²) in [5.41, 5.74) is 13.2. The molecule has 0 radical (unpaired) electrons. The van der Waals surface area contributed by atoms with E-state index in [-0.39, 0.29) is 0 Å². The molecule has 0 aromatic carbocycles. The van der Waals surface area contributed by atoms with Gasteiger partial charge in [0.1, 0.15) is 5.82 Å². The Morgan fingerprint density at radius 1 is 1.14 bits per heavy atom. The summed E-state index contributed by atoms with van der Waals surface area (Å²) < 4.78 is 0. The van der Waals surface area contributed by atoms with Crippen LogP contribution in [0.3, 0.4) is 0 Å². The lowest BCUT2D eigenvalue weighted by atomic mass is 10.1. The Morgan fingerprint density at radius 3 is 2.50 bits per heavy atom. The first kappa shape index (κ1) is 9.12. The SMILES string of the molecule is Nc1cc(N)c(N2CCCCC2)cn1. The molecule has 2 heterocycles. The summed E-state index contributed by atoms with van der Waals surface area (Å²) in [5, 5.41) is 0. The van der Waals surface area contributed by atoms with Gasteiger partial charge >= 0.3 is 0 Å². The second-order valence-electron chi connectivity index (χ2n) is 3.72. The third kappa shape index (κ3) is 1.73. The molecule has 0 atom stereocenters. The number of nitrogens with zero attached hydrogens (tertiary/aromatic N) is 2. The van der Waals surface area contributed by atoms with E-state index >= 15 is 0 Å². The number of hydrogen-bond acceptors (Lipinski definition) is 4. The maximum absolute atomic E-state index is 5.89. The number of nitrogens with two attached hydrogens (primary N) is 2. The number of piperidine rings is 1. The molecule has 4 N–H and O–H groups in total. The van der Waals surface area contributed by atoms with Gasteiger partial charge in [0.05, 0.1) is 17.6 Å². The van der Waals surface area contributed by atoms with Crippen molar-refractivity contribution in [2.75, 3.05) is 29.5 Å². The van der Waals surface area contributed by atoms with Gasteiger partial charge < -0.3 is 16.4 Å². The van der Waals surface area contributed by atoms with Gasteiger partial charge in [0.25, 0.3) is 0 Å². The van der Waals surface area contributed by atoms with Crippen molar-refractivity contribution in [1.29, 1.82) is 0 Å². The average molecular weight is 192 g/mol. The Morgan fingerprint density at radius 2 is 1.86 bits per heavy atom. The number of anilines is 3. The van der Waals surface area contributed by atoms with Gasteiger partial charge in [-0.3, -0.25) is 0 Å². The molecule has 1 aromatic rings. The quantitative estimate of drug-likeness (QED) is 0.702. The van der Waals surface area contributed by atoms with Crippen molar-refractivity contribution in [3.8, 4) is 0 Å². The van der Waals surface area contributed by atoms with Crippen LogP contribution in [0.2, 0.25) is 0 Å². The van der Waals surface area contributed by atoms with Crippen molar-refractivity contribution < 1.29 is 0 Å². The van der Waals surface area contributed by atoms with Crippen LogP contribution < -0.4 is 16.4 Å². The zero-order chi connectivity index (χ0) is 9.97. The van der Waals surface area contributed by atoms with Crippen molar-refractivity contribution in [1.82, 2.24) is 4.98 Å². The summed E-state index contributed by atoms with van der Waals surface area (Å²) in [6.07, 6.45) is 5.57. The van der Waals surface area contributed by atoms with Gasteiger partial charge in [-0.1, -0.05) is 0 Å². The van der Waals surface area contributed by atoms with Crippen LogP contribution >= 0.6 is 0 Å². The van der Waals surface area contributed by atoms with Crippen molar-refractivity contribution in [3.63, 3.8) is 0 Å². The van der Waals surface area contributed by atoms with E-state index in [4.69, 9.17) is 11.5 Å². The molecule has 4 heteroatoms. The molecule has 1 fully saturated rings. The van der Waals surface area contributed by atoms with Gasteiger partial charge in [0.2, 0.25) is 0 Å². The molecular weight excluding hydrogens is 176 g/mol. The van der Waals surface area contributed by atoms with E-state index in [9.17, 15) is 0 Å². The first-order chi connectivity index (χ1) is 6.77. The van der Waals surface area contributed by atoms with Gasteiger partial charge in [-0.15, -0.1) is 0 Å². The van der Waals surface area contributed by atoms with Gasteiger partial charge in [0, 0.05) is 19.2 Å². The number of nitrogen functional groups attached to an aromatic ring is 2. The number of rotatable bonds is 1. The van der Waals surface area contributed by atoms with Crippen molar-refractivity contribution >= 4 is 17.2 Å². The van der Waals surface area contributed by atoms with Crippen LogP contribution in [-0.4, -0.2) is 18.1 Å². The Hall–Kier alpha value is -1.45. The standard InChI is InChI=1S/C10H16N4/c11-8-6-10(12)13-7-9(8)14-4-2-1-3-5-14/h6-7H,1-5H2,(H4,11,12,13). The monoisotopic (exact) mass is 192 g/mol. The van der Waals surface area contributed by atoms with E-state index in [0.29, 0.717) is 5.82 Å². The molecule has 14 heavy (non-hydrogen) atoms. The zero-order valence-electron chi connectivity index (χ0n) is 8.24. The molecule has 4 nitrogen and oxygen atoms in total. The van der Waals surface area contributed by atoms with Crippen LogP contribution in [0, 0.1) is 0 Å². The highest BCUT2D eigenvalue weighted by Crippen LogP contribution is 2.26. The molecular formula is C10H16N4. The van der Waals surface area contributed by atoms with E-state index in [2.05, 4.69) is 9.88 Å². The van der Waals surface area contributed by atoms with Crippen LogP contribution in [0.4, 0.5) is 17.2 Å². The zero-order valence-corrected chi connectivity index (χ0v) is 8.24. The summed E-state index contributed by atoms with van der Waals surface area (Å²) in [5.74, 6) is 0.489. The number of hydrogen-bond donors (Lipinski definition) is 2. The predicted octanol–water partition coefficient (Wildman–Crippen LogP) is 1.24. The third-order valence-electron chi connectivity index (χ3n) is 2.63. The molecule has 76 valence electrons. The highest BCUT2D eigenvalue weighted by Gasteiger charge is 2.13. The average Bonchev–Trinajstić information content (AvgIpc) is 2.19. The van der Waals surface area contributed by atoms with Crippen LogP contribution in [0.5, 0.6) is 0 Å². The first-order valence-electron chi connectivity index (χ1n) is 5.03. The summed E-state index contributed by atoms with van der Waals surface area (Å²) in [6.45, 7) is 2.16. The van der Waals surface area contributed by atoms with E-state index in [1.54, 1.807) is 12.3 Å². The van der Waals surface area contributed by atoms with Crippen LogP contribution in [-0.2, 0) is 0 Å². The van der Waals surface area contributed by atoms with E-state index in [1.807, 2.05) is 0 Å². The van der Waals surface area contributed by atoms with E-state index in [1.165, 1.54) is 19.3 Å². The fourth-order valence-corrected chi connectivity index (χ4v) is 1.88. The summed E-state index contributed by atoms with van der Waals surface area (Å²) in [4.78, 5) is 6.35. The predicted molar refractivity (Wildman–Crippen MR) is 59.1 cm³/mol. The minimum absolute atomic E-state index is 0.489. The fourth-order valence-electron chi connectivity index (χ4n) is 1.88. The highest BCUT2D eigenvalue weighted by molar-refractivity contribution is 5.69. The summed E-state index contributed by atoms with van der Waals surface area (Å²) in [6, 6.07) is 1.73. The largest absolute Gasteiger partial charge is 0.397 e. The minimum atomic E-state index is 0.489. The van der Waals surface area contributed by atoms with Crippen molar-refractivity contribution in [3.05, 3.63) is 12.3 Å². The molecule has 1 aromatic heterocycles. The molecule has 2 rings (SSSR count). The highest BCUT2D eigenvalue weighted by atomic mass is 15.1. The van der Waals surface area contributed by atoms with Gasteiger partial charge in [0.15, 0.2) is 0 Å². The maximum atomic E-state index is 5.89. The summed E-state index contributed by atoms with van der Waals surface area (Å²) in [7, 11) is 0. The van der Waals surface area contributed by atoms with Crippen molar-refractivity contribution in [2.24, 2.45) is 0 Å². The Balaban J connectivity index is 2.22. The van der Waals surface area contributed by atoms with Gasteiger partial charge in [-0.25, -0.2) is 4.98 Å². The van der Waals surface area contributed by atoms with Crippen molar-refractivity contribution in [2.45, 2.75) is 19.3 Å². The minimum Gasteiger partial charge on any atom is -0.397 e.